The monoisotopic (exact) mass is 440 g/mol. The van der Waals surface area contributed by atoms with E-state index in [1.165, 1.54) is 0 Å². The fourth-order valence-corrected chi connectivity index (χ4v) is 3.35. The third-order valence-electron chi connectivity index (χ3n) is 5.30. The van der Waals surface area contributed by atoms with E-state index in [0.717, 1.165) is 35.5 Å². The van der Waals surface area contributed by atoms with E-state index in [0.29, 0.717) is 32.5 Å². The molecular formula is C26H36N2O4. The van der Waals surface area contributed by atoms with Crippen LogP contribution in [0.3, 0.4) is 0 Å². The number of carbonyl (C=O) groups is 2. The van der Waals surface area contributed by atoms with E-state index in [2.05, 4.69) is 18.3 Å². The minimum atomic E-state index is -0.539. The first kappa shape index (κ1) is 25.2. The molecule has 174 valence electrons. The largest absolute Gasteiger partial charge is 0.497 e. The summed E-state index contributed by atoms with van der Waals surface area (Å²) in [6.07, 6.45) is 2.82. The predicted molar refractivity (Wildman–Crippen MR) is 127 cm³/mol. The van der Waals surface area contributed by atoms with Crippen molar-refractivity contribution < 1.29 is 19.1 Å². The molecule has 0 radical (unpaired) electrons. The lowest BCUT2D eigenvalue weighted by molar-refractivity contribution is -0.140. The minimum Gasteiger partial charge on any atom is -0.497 e. The molecule has 6 nitrogen and oxygen atoms in total. The molecule has 32 heavy (non-hydrogen) atoms. The van der Waals surface area contributed by atoms with Crippen LogP contribution >= 0.6 is 0 Å². The molecule has 0 spiro atoms. The second-order valence-corrected chi connectivity index (χ2v) is 7.96. The number of benzene rings is 2. The molecule has 2 aromatic rings. The minimum absolute atomic E-state index is 0.0528. The molecule has 6 heteroatoms. The summed E-state index contributed by atoms with van der Waals surface area (Å²) in [5.41, 5.74) is 2.14. The fourth-order valence-electron chi connectivity index (χ4n) is 3.35. The molecule has 0 saturated heterocycles. The summed E-state index contributed by atoms with van der Waals surface area (Å²) in [4.78, 5) is 27.4. The number of carbonyl (C=O) groups excluding carboxylic acids is 2. The normalized spacial score (nSPS) is 11.5. The van der Waals surface area contributed by atoms with Crippen LogP contribution in [0.25, 0.3) is 0 Å². The first-order valence-corrected chi connectivity index (χ1v) is 11.3. The highest BCUT2D eigenvalue weighted by Gasteiger charge is 2.25. The van der Waals surface area contributed by atoms with Gasteiger partial charge in [-0.15, -0.1) is 0 Å². The quantitative estimate of drug-likeness (QED) is 0.466. The van der Waals surface area contributed by atoms with E-state index >= 15 is 0 Å². The number of hydrogen-bond donors (Lipinski definition) is 1. The lowest BCUT2D eigenvalue weighted by Gasteiger charge is -2.29. The van der Waals surface area contributed by atoms with Gasteiger partial charge in [0.05, 0.1) is 13.7 Å². The molecule has 0 fully saturated rings. The van der Waals surface area contributed by atoms with Crippen molar-refractivity contribution in [2.24, 2.45) is 0 Å². The third kappa shape index (κ3) is 8.25. The van der Waals surface area contributed by atoms with Crippen molar-refractivity contribution in [3.63, 3.8) is 0 Å². The van der Waals surface area contributed by atoms with Gasteiger partial charge in [0.15, 0.2) is 0 Å². The topological polar surface area (TPSA) is 67.9 Å². The summed E-state index contributed by atoms with van der Waals surface area (Å²) in [6.45, 7) is 7.35. The van der Waals surface area contributed by atoms with Gasteiger partial charge in [0, 0.05) is 19.5 Å². The average molecular weight is 441 g/mol. The maximum Gasteiger partial charge on any atom is 0.242 e. The molecule has 2 aromatic carbocycles. The second kappa shape index (κ2) is 13.4. The highest BCUT2D eigenvalue weighted by molar-refractivity contribution is 5.87. The highest BCUT2D eigenvalue weighted by atomic mass is 16.5. The van der Waals surface area contributed by atoms with Crippen LogP contribution in [0, 0.1) is 6.92 Å². The molecule has 0 aromatic heterocycles. The van der Waals surface area contributed by atoms with Gasteiger partial charge < -0.3 is 19.7 Å². The second-order valence-electron chi connectivity index (χ2n) is 7.96. The van der Waals surface area contributed by atoms with E-state index in [1.807, 2.05) is 49.4 Å². The molecule has 1 atom stereocenters. The molecule has 0 heterocycles. The van der Waals surface area contributed by atoms with Crippen LogP contribution in [-0.2, 0) is 16.1 Å². The van der Waals surface area contributed by atoms with E-state index < -0.39 is 6.04 Å². The zero-order valence-electron chi connectivity index (χ0n) is 19.7. The molecular weight excluding hydrogens is 404 g/mol. The Labute approximate surface area is 191 Å². The summed E-state index contributed by atoms with van der Waals surface area (Å²) in [7, 11) is 1.62. The van der Waals surface area contributed by atoms with Gasteiger partial charge >= 0.3 is 0 Å². The van der Waals surface area contributed by atoms with Gasteiger partial charge in [-0.3, -0.25) is 9.59 Å². The van der Waals surface area contributed by atoms with Gasteiger partial charge in [0.2, 0.25) is 11.8 Å². The molecule has 0 bridgehead atoms. The van der Waals surface area contributed by atoms with Gasteiger partial charge in [-0.2, -0.15) is 0 Å². The summed E-state index contributed by atoms with van der Waals surface area (Å²) in [5.74, 6) is 1.33. The first-order chi connectivity index (χ1) is 15.4. The van der Waals surface area contributed by atoms with Gasteiger partial charge in [-0.05, 0) is 56.5 Å². The van der Waals surface area contributed by atoms with Crippen LogP contribution < -0.4 is 14.8 Å². The summed E-state index contributed by atoms with van der Waals surface area (Å²) >= 11 is 0. The predicted octanol–water partition coefficient (Wildman–Crippen LogP) is 4.50. The van der Waals surface area contributed by atoms with Crippen molar-refractivity contribution in [1.82, 2.24) is 10.2 Å². The molecule has 0 unspecified atom stereocenters. The summed E-state index contributed by atoms with van der Waals surface area (Å²) < 4.78 is 10.9. The zero-order chi connectivity index (χ0) is 23.3. The number of nitrogens with zero attached hydrogens (tertiary/aromatic N) is 1. The Bertz CT molecular complexity index is 851. The zero-order valence-corrected chi connectivity index (χ0v) is 19.7. The number of nitrogens with one attached hydrogen (secondary N) is 1. The van der Waals surface area contributed by atoms with Crippen molar-refractivity contribution in [2.75, 3.05) is 20.3 Å². The number of rotatable bonds is 13. The van der Waals surface area contributed by atoms with Gasteiger partial charge in [0.1, 0.15) is 17.5 Å². The molecule has 0 saturated carbocycles. The average Bonchev–Trinajstić information content (AvgIpc) is 2.80. The fraction of sp³-hybridized carbons (Fsp3) is 0.462. The van der Waals surface area contributed by atoms with Crippen LogP contribution in [0.1, 0.15) is 50.7 Å². The van der Waals surface area contributed by atoms with Crippen LogP contribution in [0.15, 0.2) is 48.5 Å². The molecule has 1 N–H and O–H groups in total. The maximum absolute atomic E-state index is 13.1. The first-order valence-electron chi connectivity index (χ1n) is 11.3. The van der Waals surface area contributed by atoms with Crippen molar-refractivity contribution in [2.45, 2.75) is 59.0 Å². The number of amides is 2. The van der Waals surface area contributed by atoms with Gasteiger partial charge in [-0.25, -0.2) is 0 Å². The number of ether oxygens (including phenoxy) is 2. The van der Waals surface area contributed by atoms with Crippen LogP contribution in [0.2, 0.25) is 0 Å². The lowest BCUT2D eigenvalue weighted by Crippen LogP contribution is -2.47. The van der Waals surface area contributed by atoms with E-state index in [4.69, 9.17) is 9.47 Å². The SMILES string of the molecule is CCCCNC(=O)[C@@H](C)N(Cc1cccc(C)c1)C(=O)CCCOc1ccc(OC)cc1. The van der Waals surface area contributed by atoms with Crippen molar-refractivity contribution >= 4 is 11.8 Å². The molecule has 0 aliphatic rings. The molecule has 0 aliphatic carbocycles. The Morgan fingerprint density at radius 1 is 1.06 bits per heavy atom. The Morgan fingerprint density at radius 2 is 1.78 bits per heavy atom. The highest BCUT2D eigenvalue weighted by Crippen LogP contribution is 2.18. The maximum atomic E-state index is 13.1. The summed E-state index contributed by atoms with van der Waals surface area (Å²) in [5, 5.41) is 2.95. The van der Waals surface area contributed by atoms with E-state index in [9.17, 15) is 9.59 Å². The Morgan fingerprint density at radius 3 is 2.44 bits per heavy atom. The molecule has 0 aliphatic heterocycles. The van der Waals surface area contributed by atoms with Crippen LogP contribution in [-0.4, -0.2) is 43.0 Å². The number of methoxy groups -OCH3 is 1. The van der Waals surface area contributed by atoms with Crippen molar-refractivity contribution in [1.29, 1.82) is 0 Å². The Hall–Kier alpha value is -3.02. The number of aryl methyl sites for hydroxylation is 1. The van der Waals surface area contributed by atoms with E-state index in [1.54, 1.807) is 18.9 Å². The molecule has 2 rings (SSSR count). The van der Waals surface area contributed by atoms with Gasteiger partial charge in [-0.1, -0.05) is 43.2 Å². The van der Waals surface area contributed by atoms with Crippen LogP contribution in [0.5, 0.6) is 11.5 Å². The van der Waals surface area contributed by atoms with E-state index in [-0.39, 0.29) is 11.8 Å². The smallest absolute Gasteiger partial charge is 0.242 e. The van der Waals surface area contributed by atoms with Crippen molar-refractivity contribution in [3.8, 4) is 11.5 Å². The Balaban J connectivity index is 1.96. The summed E-state index contributed by atoms with van der Waals surface area (Å²) in [6, 6.07) is 14.8. The Kier molecular flexibility index (Phi) is 10.6. The number of unbranched alkanes of at least 4 members (excludes halogenated alkanes) is 1. The van der Waals surface area contributed by atoms with Crippen LogP contribution in [0.4, 0.5) is 0 Å². The third-order valence-corrected chi connectivity index (χ3v) is 5.30. The lowest BCUT2D eigenvalue weighted by atomic mass is 10.1. The number of hydrogen-bond acceptors (Lipinski definition) is 4. The molecule has 2 amide bonds. The van der Waals surface area contributed by atoms with Crippen molar-refractivity contribution in [3.05, 3.63) is 59.7 Å². The van der Waals surface area contributed by atoms with Gasteiger partial charge in [0.25, 0.3) is 0 Å². The standard InChI is InChI=1S/C26H36N2O4/c1-5-6-16-27-26(30)21(3)28(19-22-10-7-9-20(2)18-22)25(29)11-8-17-32-24-14-12-23(31-4)13-15-24/h7,9-10,12-15,18,21H,5-6,8,11,16-17,19H2,1-4H3,(H,27,30)/t21-/m1/s1.